The lowest BCUT2D eigenvalue weighted by Crippen LogP contribution is -2.52. The number of rotatable bonds is 6. The molecule has 0 saturated carbocycles. The molecule has 134 valence electrons. The summed E-state index contributed by atoms with van der Waals surface area (Å²) in [7, 11) is 0. The Bertz CT molecular complexity index is 553. The van der Waals surface area contributed by atoms with Gasteiger partial charge in [-0.15, -0.1) is 0 Å². The van der Waals surface area contributed by atoms with Gasteiger partial charge >= 0.3 is 6.03 Å². The number of carbonyl (C=O) groups excluding carboxylic acids is 1. The van der Waals surface area contributed by atoms with Crippen LogP contribution in [0, 0.1) is 12.7 Å². The van der Waals surface area contributed by atoms with Crippen molar-refractivity contribution in [2.75, 3.05) is 24.6 Å². The zero-order valence-electron chi connectivity index (χ0n) is 14.5. The zero-order valence-corrected chi connectivity index (χ0v) is 14.5. The fourth-order valence-electron chi connectivity index (χ4n) is 3.10. The van der Waals surface area contributed by atoms with Crippen molar-refractivity contribution in [3.05, 3.63) is 29.6 Å². The normalized spacial score (nSPS) is 19.0. The Morgan fingerprint density at radius 3 is 3.04 bits per heavy atom. The third kappa shape index (κ3) is 5.37. The lowest BCUT2D eigenvalue weighted by Gasteiger charge is -2.35. The highest BCUT2D eigenvalue weighted by atomic mass is 19.1. The predicted molar refractivity (Wildman–Crippen MR) is 93.8 cm³/mol. The van der Waals surface area contributed by atoms with Crippen molar-refractivity contribution in [2.45, 2.75) is 51.6 Å². The van der Waals surface area contributed by atoms with Crippen LogP contribution in [0.5, 0.6) is 0 Å². The van der Waals surface area contributed by atoms with E-state index >= 15 is 0 Å². The quantitative estimate of drug-likeness (QED) is 0.747. The first-order valence-corrected chi connectivity index (χ1v) is 8.68. The second kappa shape index (κ2) is 8.87. The molecule has 1 fully saturated rings. The summed E-state index contributed by atoms with van der Waals surface area (Å²) in [4.78, 5) is 14.1. The summed E-state index contributed by atoms with van der Waals surface area (Å²) < 4.78 is 14.1. The molecule has 1 saturated heterocycles. The molecule has 24 heavy (non-hydrogen) atoms. The van der Waals surface area contributed by atoms with Crippen LogP contribution < -0.4 is 15.5 Å². The second-order valence-electron chi connectivity index (χ2n) is 6.62. The molecule has 0 spiro atoms. The maximum Gasteiger partial charge on any atom is 0.315 e. The van der Waals surface area contributed by atoms with E-state index < -0.39 is 0 Å². The van der Waals surface area contributed by atoms with Crippen LogP contribution in [0.3, 0.4) is 0 Å². The van der Waals surface area contributed by atoms with E-state index in [2.05, 4.69) is 10.6 Å². The van der Waals surface area contributed by atoms with Gasteiger partial charge in [-0.05, 0) is 57.2 Å². The number of aryl methyl sites for hydroxylation is 1. The van der Waals surface area contributed by atoms with Crippen LogP contribution in [0.4, 0.5) is 14.9 Å². The van der Waals surface area contributed by atoms with E-state index in [-0.39, 0.29) is 30.5 Å². The van der Waals surface area contributed by atoms with Gasteiger partial charge in [-0.2, -0.15) is 0 Å². The third-order valence-electron chi connectivity index (χ3n) is 4.37. The first-order valence-electron chi connectivity index (χ1n) is 8.68. The topological polar surface area (TPSA) is 64.6 Å². The number of aliphatic hydroxyl groups excluding tert-OH is 1. The number of nitrogens with one attached hydrogen (secondary N) is 2. The molecule has 2 atom stereocenters. The van der Waals surface area contributed by atoms with Crippen molar-refractivity contribution in [1.29, 1.82) is 0 Å². The number of carbonyl (C=O) groups is 1. The molecule has 1 aromatic rings. The molecule has 0 radical (unpaired) electrons. The van der Waals surface area contributed by atoms with E-state index in [0.717, 1.165) is 31.4 Å². The van der Waals surface area contributed by atoms with Crippen LogP contribution >= 0.6 is 0 Å². The highest BCUT2D eigenvalue weighted by Crippen LogP contribution is 2.24. The SMILES string of the molecule is Cc1ccc(F)c(N2CCCC(NC(=O)NC(C)CCCO)C2)c1. The van der Waals surface area contributed by atoms with Crippen LogP contribution in [-0.2, 0) is 0 Å². The van der Waals surface area contributed by atoms with Crippen molar-refractivity contribution in [3.8, 4) is 0 Å². The monoisotopic (exact) mass is 337 g/mol. The summed E-state index contributed by atoms with van der Waals surface area (Å²) in [5, 5.41) is 14.7. The van der Waals surface area contributed by atoms with Crippen molar-refractivity contribution in [1.82, 2.24) is 10.6 Å². The number of hydrogen-bond donors (Lipinski definition) is 3. The summed E-state index contributed by atoms with van der Waals surface area (Å²) in [6, 6.07) is 4.94. The lowest BCUT2D eigenvalue weighted by molar-refractivity contribution is 0.229. The molecule has 5 nitrogen and oxygen atoms in total. The van der Waals surface area contributed by atoms with Crippen LogP contribution in [0.15, 0.2) is 18.2 Å². The Balaban J connectivity index is 1.89. The number of piperidine rings is 1. The Kier molecular flexibility index (Phi) is 6.85. The van der Waals surface area contributed by atoms with Gasteiger partial charge in [0.05, 0.1) is 5.69 Å². The Morgan fingerprint density at radius 2 is 2.29 bits per heavy atom. The molecular formula is C18H28FN3O2. The number of amides is 2. The Labute approximate surface area is 143 Å². The first kappa shape index (κ1) is 18.5. The number of anilines is 1. The predicted octanol–water partition coefficient (Wildman–Crippen LogP) is 2.56. The molecule has 2 amide bonds. The zero-order chi connectivity index (χ0) is 17.5. The van der Waals surface area contributed by atoms with Gasteiger partial charge in [-0.1, -0.05) is 6.07 Å². The fraction of sp³-hybridized carbons (Fsp3) is 0.611. The minimum Gasteiger partial charge on any atom is -0.396 e. The number of aliphatic hydroxyl groups is 1. The smallest absolute Gasteiger partial charge is 0.315 e. The molecular weight excluding hydrogens is 309 g/mol. The fourth-order valence-corrected chi connectivity index (χ4v) is 3.10. The molecule has 1 aromatic carbocycles. The second-order valence-corrected chi connectivity index (χ2v) is 6.62. The van der Waals surface area contributed by atoms with Gasteiger partial charge in [0.1, 0.15) is 5.82 Å². The number of nitrogens with zero attached hydrogens (tertiary/aromatic N) is 1. The largest absolute Gasteiger partial charge is 0.396 e. The average Bonchev–Trinajstić information content (AvgIpc) is 2.55. The average molecular weight is 337 g/mol. The van der Waals surface area contributed by atoms with E-state index in [1.54, 1.807) is 6.07 Å². The van der Waals surface area contributed by atoms with E-state index in [1.165, 1.54) is 6.07 Å². The molecule has 3 N–H and O–H groups in total. The van der Waals surface area contributed by atoms with Gasteiger partial charge in [-0.3, -0.25) is 0 Å². The van der Waals surface area contributed by atoms with E-state index in [0.29, 0.717) is 18.7 Å². The maximum absolute atomic E-state index is 14.1. The summed E-state index contributed by atoms with van der Waals surface area (Å²) in [6.07, 6.45) is 3.22. The molecule has 0 bridgehead atoms. The number of urea groups is 1. The van der Waals surface area contributed by atoms with Crippen molar-refractivity contribution in [2.24, 2.45) is 0 Å². The molecule has 1 aliphatic heterocycles. The summed E-state index contributed by atoms with van der Waals surface area (Å²) in [5.41, 5.74) is 1.63. The highest BCUT2D eigenvalue weighted by Gasteiger charge is 2.23. The standard InChI is InChI=1S/C18H28FN3O2/c1-13-7-8-16(19)17(11-13)22-9-3-6-15(12-22)21-18(24)20-14(2)5-4-10-23/h7-8,11,14-15,23H,3-6,9-10,12H2,1-2H3,(H2,20,21,24). The molecule has 1 aliphatic rings. The van der Waals surface area contributed by atoms with Gasteiger partial charge in [0.25, 0.3) is 0 Å². The minimum absolute atomic E-state index is 0.00343. The minimum atomic E-state index is -0.219. The van der Waals surface area contributed by atoms with Crippen molar-refractivity contribution < 1.29 is 14.3 Å². The van der Waals surface area contributed by atoms with Crippen LogP contribution in [0.25, 0.3) is 0 Å². The van der Waals surface area contributed by atoms with E-state index in [9.17, 15) is 9.18 Å². The van der Waals surface area contributed by atoms with E-state index in [1.807, 2.05) is 24.8 Å². The number of halogens is 1. The lowest BCUT2D eigenvalue weighted by atomic mass is 10.0. The Hall–Kier alpha value is -1.82. The molecule has 0 aliphatic carbocycles. The van der Waals surface area contributed by atoms with Crippen molar-refractivity contribution in [3.63, 3.8) is 0 Å². The molecule has 2 rings (SSSR count). The number of benzene rings is 1. The van der Waals surface area contributed by atoms with Gasteiger partial charge in [0, 0.05) is 31.8 Å². The molecule has 2 unspecified atom stereocenters. The van der Waals surface area contributed by atoms with Gasteiger partial charge in [-0.25, -0.2) is 9.18 Å². The molecule has 0 aromatic heterocycles. The first-order chi connectivity index (χ1) is 11.5. The molecule has 1 heterocycles. The van der Waals surface area contributed by atoms with Crippen LogP contribution in [0.2, 0.25) is 0 Å². The van der Waals surface area contributed by atoms with Crippen molar-refractivity contribution >= 4 is 11.7 Å². The van der Waals surface area contributed by atoms with Crippen LogP contribution in [-0.4, -0.2) is 42.9 Å². The van der Waals surface area contributed by atoms with Gasteiger partial charge < -0.3 is 20.6 Å². The summed E-state index contributed by atoms with van der Waals surface area (Å²) >= 11 is 0. The van der Waals surface area contributed by atoms with Gasteiger partial charge in [0.15, 0.2) is 0 Å². The summed E-state index contributed by atoms with van der Waals surface area (Å²) in [5.74, 6) is -0.219. The third-order valence-corrected chi connectivity index (χ3v) is 4.37. The Morgan fingerprint density at radius 1 is 1.50 bits per heavy atom. The highest BCUT2D eigenvalue weighted by molar-refractivity contribution is 5.74. The molecule has 6 heteroatoms. The van der Waals surface area contributed by atoms with Crippen LogP contribution in [0.1, 0.15) is 38.2 Å². The maximum atomic E-state index is 14.1. The van der Waals surface area contributed by atoms with E-state index in [4.69, 9.17) is 5.11 Å². The van der Waals surface area contributed by atoms with Gasteiger partial charge in [0.2, 0.25) is 0 Å². The summed E-state index contributed by atoms with van der Waals surface area (Å²) in [6.45, 7) is 5.41. The number of hydrogen-bond acceptors (Lipinski definition) is 3.